The number of piperidine rings is 1. The lowest BCUT2D eigenvalue weighted by atomic mass is 9.90. The van der Waals surface area contributed by atoms with Gasteiger partial charge in [-0.05, 0) is 69.0 Å². The van der Waals surface area contributed by atoms with Gasteiger partial charge in [0.2, 0.25) is 0 Å². The average Bonchev–Trinajstić information content (AvgIpc) is 2.51. The lowest BCUT2D eigenvalue weighted by Gasteiger charge is -2.32. The van der Waals surface area contributed by atoms with Crippen LogP contribution in [0.25, 0.3) is 0 Å². The fourth-order valence-corrected chi connectivity index (χ4v) is 3.04. The third-order valence-electron chi connectivity index (χ3n) is 4.48. The Hall–Kier alpha value is -1.74. The molecule has 0 saturated carbocycles. The van der Waals surface area contributed by atoms with Gasteiger partial charge in [0.15, 0.2) is 0 Å². The molecule has 0 bridgehead atoms. The van der Waals surface area contributed by atoms with Crippen molar-refractivity contribution in [3.05, 3.63) is 59.2 Å². The minimum absolute atomic E-state index is 0.666. The lowest BCUT2D eigenvalue weighted by Crippen LogP contribution is -2.33. The number of nitrogens with zero attached hydrogens (tertiary/aromatic N) is 3. The molecular formula is C18H23N3. The summed E-state index contributed by atoms with van der Waals surface area (Å²) in [5.74, 6) is 0.666. The van der Waals surface area contributed by atoms with E-state index in [0.717, 1.165) is 25.3 Å². The van der Waals surface area contributed by atoms with Gasteiger partial charge in [0.1, 0.15) is 0 Å². The van der Waals surface area contributed by atoms with Crippen LogP contribution in [0.5, 0.6) is 0 Å². The zero-order valence-electron chi connectivity index (χ0n) is 12.9. The van der Waals surface area contributed by atoms with Gasteiger partial charge in [-0.1, -0.05) is 12.1 Å². The maximum atomic E-state index is 4.51. The number of aromatic nitrogens is 2. The molecule has 110 valence electrons. The molecule has 1 saturated heterocycles. The van der Waals surface area contributed by atoms with E-state index in [2.05, 4.69) is 46.2 Å². The van der Waals surface area contributed by atoms with Crippen molar-refractivity contribution in [3.8, 4) is 0 Å². The smallest absolute Gasteiger partial charge is 0.0573 e. The maximum absolute atomic E-state index is 4.51. The molecule has 0 amide bonds. The molecule has 1 aliphatic rings. The summed E-state index contributed by atoms with van der Waals surface area (Å²) in [6.45, 7) is 7.46. The molecule has 21 heavy (non-hydrogen) atoms. The van der Waals surface area contributed by atoms with E-state index in [-0.39, 0.29) is 0 Å². The maximum Gasteiger partial charge on any atom is 0.0573 e. The molecule has 2 aromatic rings. The predicted octanol–water partition coefficient (Wildman–Crippen LogP) is 3.47. The van der Waals surface area contributed by atoms with E-state index in [1.165, 1.54) is 29.7 Å². The molecule has 3 heteroatoms. The summed E-state index contributed by atoms with van der Waals surface area (Å²) in [4.78, 5) is 11.5. The third kappa shape index (κ3) is 3.48. The van der Waals surface area contributed by atoms with Crippen LogP contribution in [0.2, 0.25) is 0 Å². The van der Waals surface area contributed by atoms with Crippen LogP contribution in [0, 0.1) is 13.8 Å². The highest BCUT2D eigenvalue weighted by Crippen LogP contribution is 2.28. The van der Waals surface area contributed by atoms with Gasteiger partial charge in [-0.2, -0.15) is 0 Å². The van der Waals surface area contributed by atoms with Crippen molar-refractivity contribution in [2.24, 2.45) is 0 Å². The predicted molar refractivity (Wildman–Crippen MR) is 85.2 cm³/mol. The molecule has 0 N–H and O–H groups in total. The molecule has 3 nitrogen and oxygen atoms in total. The fourth-order valence-electron chi connectivity index (χ4n) is 3.04. The summed E-state index contributed by atoms with van der Waals surface area (Å²) in [6, 6.07) is 8.52. The SMILES string of the molecule is Cc1ccc(C2CCN(Cc3ncccc3C)CC2)cn1. The van der Waals surface area contributed by atoms with Crippen molar-refractivity contribution in [1.82, 2.24) is 14.9 Å². The van der Waals surface area contributed by atoms with Crippen LogP contribution in [0.15, 0.2) is 36.7 Å². The van der Waals surface area contributed by atoms with Gasteiger partial charge < -0.3 is 0 Å². The quantitative estimate of drug-likeness (QED) is 0.862. The van der Waals surface area contributed by atoms with Crippen LogP contribution in [0.3, 0.4) is 0 Å². The first kappa shape index (κ1) is 14.2. The van der Waals surface area contributed by atoms with E-state index in [0.29, 0.717) is 5.92 Å². The Bertz CT molecular complexity index is 584. The Morgan fingerprint density at radius 1 is 1.10 bits per heavy atom. The molecule has 3 heterocycles. The van der Waals surface area contributed by atoms with E-state index >= 15 is 0 Å². The number of hydrogen-bond acceptors (Lipinski definition) is 3. The standard InChI is InChI=1S/C18H23N3/c1-14-4-3-9-19-18(14)13-21-10-7-16(8-11-21)17-6-5-15(2)20-12-17/h3-6,9,12,16H,7-8,10-11,13H2,1-2H3. The molecular weight excluding hydrogens is 258 g/mol. The second-order valence-electron chi connectivity index (χ2n) is 6.05. The van der Waals surface area contributed by atoms with Crippen molar-refractivity contribution in [3.63, 3.8) is 0 Å². The Morgan fingerprint density at radius 2 is 1.90 bits per heavy atom. The van der Waals surface area contributed by atoms with E-state index in [1.807, 2.05) is 19.2 Å². The molecule has 1 fully saturated rings. The van der Waals surface area contributed by atoms with Crippen molar-refractivity contribution in [2.75, 3.05) is 13.1 Å². The van der Waals surface area contributed by atoms with Crippen LogP contribution in [0.1, 0.15) is 41.3 Å². The number of aryl methyl sites for hydroxylation is 2. The van der Waals surface area contributed by atoms with E-state index in [9.17, 15) is 0 Å². The number of hydrogen-bond donors (Lipinski definition) is 0. The summed E-state index contributed by atoms with van der Waals surface area (Å²) in [5, 5.41) is 0. The summed E-state index contributed by atoms with van der Waals surface area (Å²) in [6.07, 6.45) is 6.39. The topological polar surface area (TPSA) is 29.0 Å². The minimum Gasteiger partial charge on any atom is -0.297 e. The number of pyridine rings is 2. The molecule has 0 unspecified atom stereocenters. The molecule has 0 aromatic carbocycles. The molecule has 0 radical (unpaired) electrons. The molecule has 0 atom stereocenters. The average molecular weight is 281 g/mol. The fraction of sp³-hybridized carbons (Fsp3) is 0.444. The first-order chi connectivity index (χ1) is 10.2. The van der Waals surface area contributed by atoms with Gasteiger partial charge in [0.05, 0.1) is 5.69 Å². The first-order valence-electron chi connectivity index (χ1n) is 7.78. The summed E-state index contributed by atoms with van der Waals surface area (Å²) in [5.41, 5.74) is 5.01. The van der Waals surface area contributed by atoms with Crippen molar-refractivity contribution in [1.29, 1.82) is 0 Å². The molecule has 2 aromatic heterocycles. The van der Waals surface area contributed by atoms with Crippen LogP contribution in [0.4, 0.5) is 0 Å². The second-order valence-corrected chi connectivity index (χ2v) is 6.05. The van der Waals surface area contributed by atoms with Crippen LogP contribution in [-0.4, -0.2) is 28.0 Å². The largest absolute Gasteiger partial charge is 0.297 e. The van der Waals surface area contributed by atoms with Crippen LogP contribution in [-0.2, 0) is 6.54 Å². The van der Waals surface area contributed by atoms with E-state index in [4.69, 9.17) is 0 Å². The number of rotatable bonds is 3. The van der Waals surface area contributed by atoms with Gasteiger partial charge in [-0.3, -0.25) is 14.9 Å². The Morgan fingerprint density at radius 3 is 2.57 bits per heavy atom. The Labute approximate surface area is 127 Å². The van der Waals surface area contributed by atoms with Gasteiger partial charge in [0.25, 0.3) is 0 Å². The highest BCUT2D eigenvalue weighted by molar-refractivity contribution is 5.19. The highest BCUT2D eigenvalue weighted by Gasteiger charge is 2.21. The molecule has 0 spiro atoms. The second kappa shape index (κ2) is 6.35. The van der Waals surface area contributed by atoms with E-state index in [1.54, 1.807) is 0 Å². The van der Waals surface area contributed by atoms with Crippen molar-refractivity contribution < 1.29 is 0 Å². The Balaban J connectivity index is 1.58. The van der Waals surface area contributed by atoms with Gasteiger partial charge in [-0.15, -0.1) is 0 Å². The van der Waals surface area contributed by atoms with Crippen LogP contribution < -0.4 is 0 Å². The van der Waals surface area contributed by atoms with Crippen molar-refractivity contribution >= 4 is 0 Å². The summed E-state index contributed by atoms with van der Waals surface area (Å²) >= 11 is 0. The third-order valence-corrected chi connectivity index (χ3v) is 4.48. The normalized spacial score (nSPS) is 17.0. The Kier molecular flexibility index (Phi) is 4.30. The highest BCUT2D eigenvalue weighted by atomic mass is 15.1. The van der Waals surface area contributed by atoms with Gasteiger partial charge in [-0.25, -0.2) is 0 Å². The minimum atomic E-state index is 0.666. The summed E-state index contributed by atoms with van der Waals surface area (Å²) < 4.78 is 0. The zero-order chi connectivity index (χ0) is 14.7. The first-order valence-corrected chi connectivity index (χ1v) is 7.78. The molecule has 1 aliphatic heterocycles. The van der Waals surface area contributed by atoms with Crippen LogP contribution >= 0.6 is 0 Å². The van der Waals surface area contributed by atoms with Crippen molar-refractivity contribution in [2.45, 2.75) is 39.2 Å². The number of likely N-dealkylation sites (tertiary alicyclic amines) is 1. The van der Waals surface area contributed by atoms with E-state index < -0.39 is 0 Å². The summed E-state index contributed by atoms with van der Waals surface area (Å²) in [7, 11) is 0. The van der Waals surface area contributed by atoms with Gasteiger partial charge in [0, 0.05) is 24.6 Å². The monoisotopic (exact) mass is 281 g/mol. The zero-order valence-corrected chi connectivity index (χ0v) is 12.9. The van der Waals surface area contributed by atoms with Gasteiger partial charge >= 0.3 is 0 Å². The molecule has 3 rings (SSSR count). The lowest BCUT2D eigenvalue weighted by molar-refractivity contribution is 0.202. The molecule has 0 aliphatic carbocycles.